The van der Waals surface area contributed by atoms with E-state index < -0.39 is 16.1 Å². The van der Waals surface area contributed by atoms with Crippen LogP contribution >= 0.6 is 23.2 Å². The van der Waals surface area contributed by atoms with Crippen LogP contribution in [0, 0.1) is 0 Å². The van der Waals surface area contributed by atoms with Gasteiger partial charge in [0.2, 0.25) is 5.91 Å². The Morgan fingerprint density at radius 3 is 2.35 bits per heavy atom. The number of rotatable bonds is 5. The summed E-state index contributed by atoms with van der Waals surface area (Å²) < 4.78 is 27.8. The van der Waals surface area contributed by atoms with E-state index in [2.05, 4.69) is 5.32 Å². The molecule has 0 aliphatic carbocycles. The number of halogens is 2. The van der Waals surface area contributed by atoms with Gasteiger partial charge in [-0.1, -0.05) is 41.4 Å². The highest BCUT2D eigenvalue weighted by atomic mass is 35.5. The third-order valence-electron chi connectivity index (χ3n) is 3.93. The fourth-order valence-electron chi connectivity index (χ4n) is 2.70. The first-order valence-corrected chi connectivity index (χ1v) is 10.0. The van der Waals surface area contributed by atoms with Gasteiger partial charge in [-0.2, -0.15) is 17.0 Å². The number of anilines is 1. The highest BCUT2D eigenvalue weighted by molar-refractivity contribution is 7.87. The van der Waals surface area contributed by atoms with E-state index in [1.54, 1.807) is 42.5 Å². The van der Waals surface area contributed by atoms with E-state index in [-0.39, 0.29) is 19.6 Å². The summed E-state index contributed by atoms with van der Waals surface area (Å²) in [6, 6.07) is 13.7. The molecule has 2 aromatic carbocycles. The number of carbonyl (C=O) groups is 1. The van der Waals surface area contributed by atoms with E-state index in [0.29, 0.717) is 22.3 Å². The van der Waals surface area contributed by atoms with Crippen molar-refractivity contribution in [1.29, 1.82) is 0 Å². The first-order valence-electron chi connectivity index (χ1n) is 7.90. The van der Waals surface area contributed by atoms with Gasteiger partial charge in [-0.05, 0) is 35.9 Å². The summed E-state index contributed by atoms with van der Waals surface area (Å²) in [6.45, 7) is 0.543. The number of hydrogen-bond acceptors (Lipinski definition) is 3. The molecule has 26 heavy (non-hydrogen) atoms. The van der Waals surface area contributed by atoms with Crippen molar-refractivity contribution >= 4 is 45.0 Å². The minimum Gasteiger partial charge on any atom is -0.325 e. The molecule has 138 valence electrons. The summed E-state index contributed by atoms with van der Waals surface area (Å²) in [6.07, 6.45) is 0. The Labute approximate surface area is 162 Å². The summed E-state index contributed by atoms with van der Waals surface area (Å²) in [5.41, 5.74) is 1.32. The highest BCUT2D eigenvalue weighted by Gasteiger charge is 2.37. The lowest BCUT2D eigenvalue weighted by atomic mass is 10.2. The van der Waals surface area contributed by atoms with Crippen LogP contribution in [0.15, 0.2) is 48.5 Å². The quantitative estimate of drug-likeness (QED) is 0.818. The second-order valence-electron chi connectivity index (χ2n) is 5.86. The third kappa shape index (κ3) is 4.55. The van der Waals surface area contributed by atoms with E-state index in [9.17, 15) is 13.2 Å². The number of nitrogens with one attached hydrogen (secondary N) is 1. The van der Waals surface area contributed by atoms with Crippen LogP contribution in [0.4, 0.5) is 5.69 Å². The van der Waals surface area contributed by atoms with Gasteiger partial charge in [-0.25, -0.2) is 0 Å². The van der Waals surface area contributed by atoms with Gasteiger partial charge in [0.1, 0.15) is 0 Å². The van der Waals surface area contributed by atoms with E-state index in [4.69, 9.17) is 23.2 Å². The zero-order valence-electron chi connectivity index (χ0n) is 13.7. The molecule has 1 fully saturated rings. The average molecular weight is 414 g/mol. The number of benzene rings is 2. The average Bonchev–Trinajstić information content (AvgIpc) is 2.82. The molecule has 0 atom stereocenters. The van der Waals surface area contributed by atoms with E-state index in [1.165, 1.54) is 4.31 Å². The molecule has 0 saturated carbocycles. The van der Waals surface area contributed by atoms with Gasteiger partial charge in [-0.3, -0.25) is 4.79 Å². The Morgan fingerprint density at radius 2 is 1.65 bits per heavy atom. The molecular formula is C17H17Cl2N3O3S. The summed E-state index contributed by atoms with van der Waals surface area (Å²) in [7, 11) is -3.70. The number of hydrogen-bond donors (Lipinski definition) is 1. The molecule has 1 aliphatic rings. The van der Waals surface area contributed by atoms with Crippen molar-refractivity contribution in [3.8, 4) is 0 Å². The first-order chi connectivity index (χ1) is 12.3. The summed E-state index contributed by atoms with van der Waals surface area (Å²) >= 11 is 11.8. The summed E-state index contributed by atoms with van der Waals surface area (Å²) in [4.78, 5) is 12.2. The van der Waals surface area contributed by atoms with Crippen molar-refractivity contribution in [2.75, 3.05) is 25.0 Å². The Hall–Kier alpha value is -1.64. The molecule has 0 bridgehead atoms. The molecule has 0 radical (unpaired) electrons. The first kappa shape index (κ1) is 19.1. The van der Waals surface area contributed by atoms with Crippen molar-refractivity contribution in [3.63, 3.8) is 0 Å². The maximum absolute atomic E-state index is 12.6. The Bertz CT molecular complexity index is 921. The fourth-order valence-corrected chi connectivity index (χ4v) is 4.65. The van der Waals surface area contributed by atoms with Crippen molar-refractivity contribution in [1.82, 2.24) is 8.61 Å². The fraction of sp³-hybridized carbons (Fsp3) is 0.235. The molecule has 1 N–H and O–H groups in total. The molecule has 1 saturated heterocycles. The lowest BCUT2D eigenvalue weighted by molar-refractivity contribution is -0.116. The zero-order valence-corrected chi connectivity index (χ0v) is 16.1. The molecule has 6 nitrogen and oxygen atoms in total. The summed E-state index contributed by atoms with van der Waals surface area (Å²) in [5, 5.41) is 3.70. The van der Waals surface area contributed by atoms with E-state index in [1.807, 2.05) is 6.07 Å². The van der Waals surface area contributed by atoms with Gasteiger partial charge < -0.3 is 5.32 Å². The molecule has 2 aromatic rings. The van der Waals surface area contributed by atoms with Crippen LogP contribution in [0.2, 0.25) is 10.0 Å². The minimum atomic E-state index is -3.70. The van der Waals surface area contributed by atoms with Crippen LogP contribution in [-0.4, -0.2) is 42.6 Å². The van der Waals surface area contributed by atoms with Gasteiger partial charge in [-0.15, -0.1) is 0 Å². The predicted octanol–water partition coefficient (Wildman–Crippen LogP) is 2.99. The second-order valence-corrected chi connectivity index (χ2v) is 8.66. The Balaban J connectivity index is 1.63. The van der Waals surface area contributed by atoms with Crippen molar-refractivity contribution in [3.05, 3.63) is 64.1 Å². The van der Waals surface area contributed by atoms with E-state index >= 15 is 0 Å². The van der Waals surface area contributed by atoms with Crippen LogP contribution in [0.3, 0.4) is 0 Å². The van der Waals surface area contributed by atoms with Gasteiger partial charge in [0.25, 0.3) is 10.2 Å². The number of carbonyl (C=O) groups excluding carboxylic acids is 1. The molecule has 3 rings (SSSR count). The Morgan fingerprint density at radius 1 is 1.00 bits per heavy atom. The second kappa shape index (κ2) is 7.94. The van der Waals surface area contributed by atoms with Crippen LogP contribution < -0.4 is 5.32 Å². The van der Waals surface area contributed by atoms with Crippen molar-refractivity contribution in [2.45, 2.75) is 6.54 Å². The molecule has 0 spiro atoms. The van der Waals surface area contributed by atoms with Gasteiger partial charge >= 0.3 is 0 Å². The monoisotopic (exact) mass is 413 g/mol. The predicted molar refractivity (Wildman–Crippen MR) is 102 cm³/mol. The molecule has 0 aromatic heterocycles. The normalized spacial score (nSPS) is 17.3. The SMILES string of the molecule is O=C(CN1CCN(Cc2cccc(Cl)c2)S1(=O)=O)Nc1cccc(Cl)c1. The maximum Gasteiger partial charge on any atom is 0.282 e. The highest BCUT2D eigenvalue weighted by Crippen LogP contribution is 2.21. The molecule has 1 heterocycles. The van der Waals surface area contributed by atoms with Crippen LogP contribution in [0.25, 0.3) is 0 Å². The van der Waals surface area contributed by atoms with Gasteiger partial charge in [0, 0.05) is 35.4 Å². The molecule has 9 heteroatoms. The van der Waals surface area contributed by atoms with Crippen LogP contribution in [0.5, 0.6) is 0 Å². The maximum atomic E-state index is 12.6. The van der Waals surface area contributed by atoms with Gasteiger partial charge in [0.15, 0.2) is 0 Å². The molecule has 0 unspecified atom stereocenters. The lowest BCUT2D eigenvalue weighted by Gasteiger charge is -2.18. The van der Waals surface area contributed by atoms with Crippen LogP contribution in [-0.2, 0) is 21.5 Å². The summed E-state index contributed by atoms with van der Waals surface area (Å²) in [5.74, 6) is -0.416. The molecular weight excluding hydrogens is 397 g/mol. The third-order valence-corrected chi connectivity index (χ3v) is 6.33. The molecule has 1 aliphatic heterocycles. The minimum absolute atomic E-state index is 0.218. The van der Waals surface area contributed by atoms with Crippen LogP contribution in [0.1, 0.15) is 5.56 Å². The largest absolute Gasteiger partial charge is 0.325 e. The number of nitrogens with zero attached hydrogens (tertiary/aromatic N) is 2. The topological polar surface area (TPSA) is 69.7 Å². The number of amides is 1. The molecule has 1 amide bonds. The Kier molecular flexibility index (Phi) is 5.84. The van der Waals surface area contributed by atoms with Crippen molar-refractivity contribution in [2.24, 2.45) is 0 Å². The van der Waals surface area contributed by atoms with Gasteiger partial charge in [0.05, 0.1) is 6.54 Å². The zero-order chi connectivity index (χ0) is 18.7. The van der Waals surface area contributed by atoms with Crippen molar-refractivity contribution < 1.29 is 13.2 Å². The standard InChI is InChI=1S/C17H17Cl2N3O3S/c18-14-4-1-3-13(9-14)11-21-7-8-22(26(21,24)25)12-17(23)20-16-6-2-5-15(19)10-16/h1-6,9-10H,7-8,11-12H2,(H,20,23). The van der Waals surface area contributed by atoms with E-state index in [0.717, 1.165) is 9.87 Å². The smallest absolute Gasteiger partial charge is 0.282 e. The lowest BCUT2D eigenvalue weighted by Crippen LogP contribution is -2.37.